The minimum absolute atomic E-state index is 0.0294. The van der Waals surface area contributed by atoms with Crippen LogP contribution in [0, 0.1) is 0 Å². The van der Waals surface area contributed by atoms with Gasteiger partial charge in [0.05, 0.1) is 6.54 Å². The molecule has 2 amide bonds. The van der Waals surface area contributed by atoms with Crippen molar-refractivity contribution in [2.75, 3.05) is 32.5 Å². The van der Waals surface area contributed by atoms with Crippen molar-refractivity contribution in [3.8, 4) is 0 Å². The number of likely N-dealkylation sites (N-methyl/N-ethyl adjacent to an activating group) is 1. The summed E-state index contributed by atoms with van der Waals surface area (Å²) in [7, 11) is 4.01. The molecule has 7 heteroatoms. The van der Waals surface area contributed by atoms with Gasteiger partial charge in [-0.3, -0.25) is 14.3 Å². The molecule has 0 spiro atoms. The Kier molecular flexibility index (Phi) is 6.24. The number of rotatable bonds is 7. The minimum atomic E-state index is -0.633. The van der Waals surface area contributed by atoms with E-state index < -0.39 is 6.04 Å². The van der Waals surface area contributed by atoms with E-state index in [4.69, 9.17) is 0 Å². The molecule has 0 aliphatic carbocycles. The molecule has 7 nitrogen and oxygen atoms in total. The van der Waals surface area contributed by atoms with Crippen molar-refractivity contribution < 1.29 is 9.59 Å². The molecule has 0 radical (unpaired) electrons. The highest BCUT2D eigenvalue weighted by atomic mass is 16.2. The number of carbonyl (C=O) groups is 2. The van der Waals surface area contributed by atoms with Gasteiger partial charge in [0, 0.05) is 31.8 Å². The zero-order valence-corrected chi connectivity index (χ0v) is 16.0. The molecule has 3 rings (SSSR count). The Balaban J connectivity index is 1.76. The highest BCUT2D eigenvalue weighted by Gasteiger charge is 2.32. The SMILES string of the molecule is CN(C)CCn1ccc(NC(=O)C(c2ccccc2)N2CCCCC2=O)n1. The summed E-state index contributed by atoms with van der Waals surface area (Å²) < 4.78 is 1.80. The molecule has 1 aromatic heterocycles. The van der Waals surface area contributed by atoms with Crippen molar-refractivity contribution in [3.05, 3.63) is 48.2 Å². The van der Waals surface area contributed by atoms with E-state index in [1.165, 1.54) is 0 Å². The molecular formula is C20H27N5O2. The van der Waals surface area contributed by atoms with Crippen molar-refractivity contribution in [3.63, 3.8) is 0 Å². The van der Waals surface area contributed by atoms with Crippen molar-refractivity contribution in [1.29, 1.82) is 0 Å². The van der Waals surface area contributed by atoms with E-state index in [2.05, 4.69) is 15.3 Å². The molecule has 1 atom stereocenters. The first-order chi connectivity index (χ1) is 13.0. The molecule has 1 aromatic carbocycles. The smallest absolute Gasteiger partial charge is 0.253 e. The second-order valence-corrected chi connectivity index (χ2v) is 7.11. The van der Waals surface area contributed by atoms with Gasteiger partial charge in [0.2, 0.25) is 5.91 Å². The quantitative estimate of drug-likeness (QED) is 0.812. The van der Waals surface area contributed by atoms with Crippen LogP contribution in [0.5, 0.6) is 0 Å². The van der Waals surface area contributed by atoms with Gasteiger partial charge in [-0.25, -0.2) is 0 Å². The van der Waals surface area contributed by atoms with Gasteiger partial charge >= 0.3 is 0 Å². The first-order valence-corrected chi connectivity index (χ1v) is 9.38. The predicted molar refractivity (Wildman–Crippen MR) is 104 cm³/mol. The van der Waals surface area contributed by atoms with E-state index in [1.54, 1.807) is 15.6 Å². The third kappa shape index (κ3) is 4.95. The average Bonchev–Trinajstić information content (AvgIpc) is 3.10. The Morgan fingerprint density at radius 3 is 2.70 bits per heavy atom. The highest BCUT2D eigenvalue weighted by Crippen LogP contribution is 2.26. The summed E-state index contributed by atoms with van der Waals surface area (Å²) in [5.41, 5.74) is 0.817. The van der Waals surface area contributed by atoms with E-state index in [9.17, 15) is 9.59 Å². The summed E-state index contributed by atoms with van der Waals surface area (Å²) >= 11 is 0. The molecule has 1 fully saturated rings. The second-order valence-electron chi connectivity index (χ2n) is 7.11. The predicted octanol–water partition coefficient (Wildman–Crippen LogP) is 2.14. The summed E-state index contributed by atoms with van der Waals surface area (Å²) in [6.07, 6.45) is 4.15. The summed E-state index contributed by atoms with van der Waals surface area (Å²) in [6.45, 7) is 2.21. The summed E-state index contributed by atoms with van der Waals surface area (Å²) in [5.74, 6) is 0.306. The third-order valence-corrected chi connectivity index (χ3v) is 4.70. The monoisotopic (exact) mass is 369 g/mol. The van der Waals surface area contributed by atoms with E-state index >= 15 is 0 Å². The fraction of sp³-hybridized carbons (Fsp3) is 0.450. The van der Waals surface area contributed by atoms with Gasteiger partial charge in [-0.15, -0.1) is 0 Å². The first kappa shape index (κ1) is 19.1. The zero-order chi connectivity index (χ0) is 19.2. The molecule has 0 saturated carbocycles. The minimum Gasteiger partial charge on any atom is -0.327 e. The molecular weight excluding hydrogens is 342 g/mol. The maximum Gasteiger partial charge on any atom is 0.253 e. The summed E-state index contributed by atoms with van der Waals surface area (Å²) in [6, 6.07) is 10.6. The third-order valence-electron chi connectivity index (χ3n) is 4.70. The van der Waals surface area contributed by atoms with Gasteiger partial charge in [0.25, 0.3) is 5.91 Å². The Hall–Kier alpha value is -2.67. The summed E-state index contributed by atoms with van der Waals surface area (Å²) in [4.78, 5) is 29.3. The average molecular weight is 369 g/mol. The highest BCUT2D eigenvalue weighted by molar-refractivity contribution is 5.97. The number of nitrogens with one attached hydrogen (secondary N) is 1. The van der Waals surface area contributed by atoms with Crippen LogP contribution >= 0.6 is 0 Å². The fourth-order valence-electron chi connectivity index (χ4n) is 3.26. The molecule has 0 bridgehead atoms. The van der Waals surface area contributed by atoms with E-state index in [0.717, 1.165) is 31.5 Å². The van der Waals surface area contributed by atoms with Gasteiger partial charge in [-0.1, -0.05) is 30.3 Å². The number of hydrogen-bond acceptors (Lipinski definition) is 4. The number of aromatic nitrogens is 2. The number of benzene rings is 1. The van der Waals surface area contributed by atoms with Crippen LogP contribution in [0.15, 0.2) is 42.6 Å². The lowest BCUT2D eigenvalue weighted by Gasteiger charge is -2.33. The normalized spacial score (nSPS) is 15.8. The van der Waals surface area contributed by atoms with Crippen LogP contribution < -0.4 is 5.32 Å². The largest absolute Gasteiger partial charge is 0.327 e. The van der Waals surface area contributed by atoms with Gasteiger partial charge in [-0.2, -0.15) is 5.10 Å². The maximum absolute atomic E-state index is 13.1. The zero-order valence-electron chi connectivity index (χ0n) is 16.0. The van der Waals surface area contributed by atoms with Crippen LogP contribution in [0.3, 0.4) is 0 Å². The number of carbonyl (C=O) groups excluding carboxylic acids is 2. The number of hydrogen-bond donors (Lipinski definition) is 1. The first-order valence-electron chi connectivity index (χ1n) is 9.38. The molecule has 1 saturated heterocycles. The Labute approximate surface area is 159 Å². The van der Waals surface area contributed by atoms with Crippen LogP contribution in [0.4, 0.5) is 5.82 Å². The lowest BCUT2D eigenvalue weighted by atomic mass is 10.0. The van der Waals surface area contributed by atoms with Crippen LogP contribution in [0.25, 0.3) is 0 Å². The molecule has 27 heavy (non-hydrogen) atoms. The van der Waals surface area contributed by atoms with Crippen molar-refractivity contribution >= 4 is 17.6 Å². The van der Waals surface area contributed by atoms with Gasteiger partial charge < -0.3 is 15.1 Å². The Bertz CT molecular complexity index is 772. The number of likely N-dealkylation sites (tertiary alicyclic amines) is 1. The van der Waals surface area contributed by atoms with E-state index in [-0.39, 0.29) is 11.8 Å². The van der Waals surface area contributed by atoms with Gasteiger partial charge in [0.1, 0.15) is 6.04 Å². The number of nitrogens with zero attached hydrogens (tertiary/aromatic N) is 4. The topological polar surface area (TPSA) is 70.5 Å². The van der Waals surface area contributed by atoms with Crippen LogP contribution in [0.1, 0.15) is 30.9 Å². The molecule has 1 N–H and O–H groups in total. The van der Waals surface area contributed by atoms with Crippen LogP contribution in [-0.2, 0) is 16.1 Å². The second kappa shape index (κ2) is 8.81. The molecule has 2 heterocycles. The van der Waals surface area contributed by atoms with Crippen LogP contribution in [0.2, 0.25) is 0 Å². The summed E-state index contributed by atoms with van der Waals surface area (Å²) in [5, 5.41) is 7.31. The standard InChI is InChI=1S/C20H27N5O2/c1-23(2)14-15-24-13-11-17(22-24)21-20(27)19(16-8-4-3-5-9-16)25-12-7-6-10-18(25)26/h3-5,8-9,11,13,19H,6-7,10,12,14-15H2,1-2H3,(H,21,22,27). The lowest BCUT2D eigenvalue weighted by molar-refractivity contribution is -0.141. The molecule has 1 unspecified atom stereocenters. The van der Waals surface area contributed by atoms with Crippen molar-refractivity contribution in [2.24, 2.45) is 0 Å². The molecule has 144 valence electrons. The Morgan fingerprint density at radius 2 is 2.00 bits per heavy atom. The molecule has 1 aliphatic heterocycles. The van der Waals surface area contributed by atoms with Crippen molar-refractivity contribution in [2.45, 2.75) is 31.8 Å². The number of anilines is 1. The number of amides is 2. The van der Waals surface area contributed by atoms with E-state index in [0.29, 0.717) is 18.8 Å². The van der Waals surface area contributed by atoms with Crippen molar-refractivity contribution in [1.82, 2.24) is 19.6 Å². The van der Waals surface area contributed by atoms with Gasteiger partial charge in [0.15, 0.2) is 5.82 Å². The molecule has 2 aromatic rings. The number of piperidine rings is 1. The van der Waals surface area contributed by atoms with Crippen LogP contribution in [-0.4, -0.2) is 58.6 Å². The molecule has 1 aliphatic rings. The Morgan fingerprint density at radius 1 is 1.22 bits per heavy atom. The lowest BCUT2D eigenvalue weighted by Crippen LogP contribution is -2.43. The van der Waals surface area contributed by atoms with E-state index in [1.807, 2.05) is 50.6 Å². The van der Waals surface area contributed by atoms with Gasteiger partial charge in [-0.05, 0) is 32.5 Å². The maximum atomic E-state index is 13.1. The fourth-order valence-corrected chi connectivity index (χ4v) is 3.26.